The molecule has 2 heterocycles. The van der Waals surface area contributed by atoms with Gasteiger partial charge >= 0.3 is 0 Å². The topological polar surface area (TPSA) is 108 Å². The van der Waals surface area contributed by atoms with Crippen molar-refractivity contribution in [1.82, 2.24) is 14.5 Å². The van der Waals surface area contributed by atoms with Crippen LogP contribution in [0.5, 0.6) is 0 Å². The van der Waals surface area contributed by atoms with Crippen LogP contribution in [0.4, 0.5) is 21.7 Å². The number of hydrogen-bond acceptors (Lipinski definition) is 6. The van der Waals surface area contributed by atoms with Crippen molar-refractivity contribution in [3.05, 3.63) is 71.2 Å². The highest BCUT2D eigenvalue weighted by Crippen LogP contribution is 2.32. The van der Waals surface area contributed by atoms with Gasteiger partial charge in [-0.15, -0.1) is 0 Å². The zero-order valence-corrected chi connectivity index (χ0v) is 16.7. The van der Waals surface area contributed by atoms with E-state index in [-0.39, 0.29) is 10.6 Å². The van der Waals surface area contributed by atoms with Crippen LogP contribution in [-0.2, 0) is 0 Å². The molecule has 4 aromatic rings. The van der Waals surface area contributed by atoms with Crippen LogP contribution in [0.15, 0.2) is 54.7 Å². The van der Waals surface area contributed by atoms with E-state index in [2.05, 4.69) is 9.97 Å². The number of aromatic nitrogens is 3. The molecule has 0 aliphatic heterocycles. The number of nitrogen functional groups attached to an aromatic ring is 1. The standard InChI is InChI=1S/C21H17ClFN7/c1-29(14-4-2-3-12(7-14)13-5-6-19(25)27-10-13)20-15-8-17(23)16(22)9-18(15)30(11-24)21(26)28-20/h2-11,24,26H,1H3,(H2,25,27). The van der Waals surface area contributed by atoms with Gasteiger partial charge in [0, 0.05) is 29.9 Å². The molecule has 7 nitrogen and oxygen atoms in total. The lowest BCUT2D eigenvalue weighted by Crippen LogP contribution is -2.26. The maximum absolute atomic E-state index is 14.2. The number of nitrogens with zero attached hydrogens (tertiary/aromatic N) is 4. The highest BCUT2D eigenvalue weighted by Gasteiger charge is 2.16. The summed E-state index contributed by atoms with van der Waals surface area (Å²) < 4.78 is 15.5. The van der Waals surface area contributed by atoms with Crippen molar-refractivity contribution in [1.29, 1.82) is 10.8 Å². The first-order valence-corrected chi connectivity index (χ1v) is 9.29. The Bertz CT molecular complexity index is 1330. The fourth-order valence-electron chi connectivity index (χ4n) is 3.22. The molecule has 0 saturated carbocycles. The van der Waals surface area contributed by atoms with Crippen molar-refractivity contribution >= 4 is 46.2 Å². The number of pyridine rings is 1. The summed E-state index contributed by atoms with van der Waals surface area (Å²) in [6.07, 6.45) is 2.64. The van der Waals surface area contributed by atoms with Gasteiger partial charge in [0.1, 0.15) is 17.5 Å². The predicted octanol–water partition coefficient (Wildman–Crippen LogP) is 4.18. The Balaban J connectivity index is 1.88. The summed E-state index contributed by atoms with van der Waals surface area (Å²) in [5.74, 6) is 0.211. The van der Waals surface area contributed by atoms with E-state index < -0.39 is 5.82 Å². The van der Waals surface area contributed by atoms with Gasteiger partial charge in [-0.05, 0) is 42.0 Å². The molecule has 0 atom stereocenters. The summed E-state index contributed by atoms with van der Waals surface area (Å²) in [5, 5.41) is 16.1. The molecule has 2 aromatic carbocycles. The van der Waals surface area contributed by atoms with Crippen LogP contribution >= 0.6 is 11.6 Å². The fourth-order valence-corrected chi connectivity index (χ4v) is 3.38. The Morgan fingerprint density at radius 1 is 1.17 bits per heavy atom. The Labute approximate surface area is 176 Å². The Hall–Kier alpha value is -3.78. The van der Waals surface area contributed by atoms with Gasteiger partial charge in [0.2, 0.25) is 5.62 Å². The molecule has 30 heavy (non-hydrogen) atoms. The number of hydrogen-bond donors (Lipinski definition) is 3. The monoisotopic (exact) mass is 421 g/mol. The van der Waals surface area contributed by atoms with E-state index in [1.54, 1.807) is 24.2 Å². The smallest absolute Gasteiger partial charge is 0.229 e. The summed E-state index contributed by atoms with van der Waals surface area (Å²) in [5.41, 5.74) is 8.51. The van der Waals surface area contributed by atoms with Crippen LogP contribution in [0.1, 0.15) is 0 Å². The summed E-state index contributed by atoms with van der Waals surface area (Å²) in [6, 6.07) is 13.9. The van der Waals surface area contributed by atoms with Gasteiger partial charge in [-0.2, -0.15) is 4.98 Å². The summed E-state index contributed by atoms with van der Waals surface area (Å²) in [7, 11) is 1.78. The number of anilines is 3. The molecule has 0 bridgehead atoms. The van der Waals surface area contributed by atoms with E-state index >= 15 is 0 Å². The van der Waals surface area contributed by atoms with E-state index in [1.165, 1.54) is 16.7 Å². The molecule has 4 N–H and O–H groups in total. The molecule has 2 aromatic heterocycles. The number of rotatable bonds is 4. The zero-order valence-electron chi connectivity index (χ0n) is 15.9. The fraction of sp³-hybridized carbons (Fsp3) is 0.0476. The molecule has 0 fully saturated rings. The summed E-state index contributed by atoms with van der Waals surface area (Å²) in [4.78, 5) is 10.2. The van der Waals surface area contributed by atoms with Gasteiger partial charge in [0.15, 0.2) is 0 Å². The minimum absolute atomic E-state index is 0.0878. The predicted molar refractivity (Wildman–Crippen MR) is 117 cm³/mol. The number of fused-ring (bicyclic) bond motifs is 1. The highest BCUT2D eigenvalue weighted by atomic mass is 35.5. The second-order valence-corrected chi connectivity index (χ2v) is 7.03. The maximum Gasteiger partial charge on any atom is 0.229 e. The van der Waals surface area contributed by atoms with Crippen LogP contribution in [0.3, 0.4) is 0 Å². The number of halogens is 2. The quantitative estimate of drug-likeness (QED) is 0.339. The number of nitrogens with two attached hydrogens (primary N) is 1. The molecule has 0 radical (unpaired) electrons. The molecular formula is C21H17ClFN7. The Kier molecular flexibility index (Phi) is 4.93. The van der Waals surface area contributed by atoms with Crippen LogP contribution in [0, 0.1) is 16.6 Å². The molecule has 0 aliphatic rings. The lowest BCUT2D eigenvalue weighted by atomic mass is 10.1. The second kappa shape index (κ2) is 7.57. The van der Waals surface area contributed by atoms with Gasteiger partial charge < -0.3 is 10.6 Å². The average Bonchev–Trinajstić information content (AvgIpc) is 2.75. The molecular weight excluding hydrogens is 405 g/mol. The highest BCUT2D eigenvalue weighted by molar-refractivity contribution is 6.31. The van der Waals surface area contributed by atoms with Gasteiger partial charge in [-0.3, -0.25) is 15.4 Å². The van der Waals surface area contributed by atoms with Gasteiger partial charge in [0.05, 0.1) is 16.9 Å². The van der Waals surface area contributed by atoms with Crippen LogP contribution < -0.4 is 16.3 Å². The van der Waals surface area contributed by atoms with Crippen molar-refractivity contribution in [3.63, 3.8) is 0 Å². The molecule has 9 heteroatoms. The zero-order chi connectivity index (χ0) is 21.4. The van der Waals surface area contributed by atoms with Gasteiger partial charge in [0.25, 0.3) is 0 Å². The molecule has 0 aliphatic carbocycles. The van der Waals surface area contributed by atoms with Crippen LogP contribution in [0.25, 0.3) is 22.0 Å². The summed E-state index contributed by atoms with van der Waals surface area (Å²) >= 11 is 5.94. The second-order valence-electron chi connectivity index (χ2n) is 6.62. The first kappa shape index (κ1) is 19.5. The lowest BCUT2D eigenvalue weighted by molar-refractivity contribution is 0.629. The van der Waals surface area contributed by atoms with Crippen LogP contribution in [0.2, 0.25) is 5.02 Å². The first-order chi connectivity index (χ1) is 14.4. The Morgan fingerprint density at radius 3 is 2.67 bits per heavy atom. The van der Waals surface area contributed by atoms with Crippen molar-refractivity contribution in [3.8, 4) is 11.1 Å². The largest absolute Gasteiger partial charge is 0.384 e. The molecule has 0 amide bonds. The van der Waals surface area contributed by atoms with Crippen molar-refractivity contribution in [2.45, 2.75) is 0 Å². The third kappa shape index (κ3) is 3.37. The van der Waals surface area contributed by atoms with Gasteiger partial charge in [-0.1, -0.05) is 23.7 Å². The Morgan fingerprint density at radius 2 is 1.97 bits per heavy atom. The van der Waals surface area contributed by atoms with Crippen molar-refractivity contribution < 1.29 is 4.39 Å². The normalized spacial score (nSPS) is 10.9. The number of benzene rings is 2. The lowest BCUT2D eigenvalue weighted by Gasteiger charge is -2.22. The third-order valence-electron chi connectivity index (χ3n) is 4.78. The SMILES string of the molecule is CN(c1cccc(-c2ccc(N)nc2)c1)c1nc(=N)n(C=N)c2cc(Cl)c(F)cc12. The van der Waals surface area contributed by atoms with Crippen molar-refractivity contribution in [2.24, 2.45) is 0 Å². The molecule has 0 saturated heterocycles. The van der Waals surface area contributed by atoms with E-state index in [0.717, 1.165) is 23.2 Å². The van der Waals surface area contributed by atoms with Gasteiger partial charge in [-0.25, -0.2) is 9.37 Å². The summed E-state index contributed by atoms with van der Waals surface area (Å²) in [6.45, 7) is 0. The molecule has 0 unspecified atom stereocenters. The maximum atomic E-state index is 14.2. The van der Waals surface area contributed by atoms with E-state index in [9.17, 15) is 4.39 Å². The number of nitrogens with one attached hydrogen (secondary N) is 2. The molecule has 0 spiro atoms. The van der Waals surface area contributed by atoms with Crippen LogP contribution in [-0.4, -0.2) is 27.9 Å². The van der Waals surface area contributed by atoms with Crippen molar-refractivity contribution in [2.75, 3.05) is 17.7 Å². The first-order valence-electron chi connectivity index (χ1n) is 8.91. The molecule has 4 rings (SSSR count). The average molecular weight is 422 g/mol. The van der Waals surface area contributed by atoms with E-state index in [0.29, 0.717) is 22.5 Å². The van der Waals surface area contributed by atoms with E-state index in [4.69, 9.17) is 28.2 Å². The third-order valence-corrected chi connectivity index (χ3v) is 5.07. The minimum Gasteiger partial charge on any atom is -0.384 e. The minimum atomic E-state index is -0.600. The molecule has 150 valence electrons. The van der Waals surface area contributed by atoms with E-state index in [1.807, 2.05) is 30.3 Å².